The van der Waals surface area contributed by atoms with E-state index in [1.165, 1.54) is 97.5 Å². The van der Waals surface area contributed by atoms with Gasteiger partial charge in [0.05, 0.1) is 33.9 Å². The average Bonchev–Trinajstić information content (AvgIpc) is 1.55. The minimum atomic E-state index is -0.248. The number of aromatic nitrogens is 7. The number of anilines is 3. The van der Waals surface area contributed by atoms with E-state index >= 15 is 0 Å². The number of nitrogens with zero attached hydrogens (tertiary/aromatic N) is 8. The third kappa shape index (κ3) is 18.0. The van der Waals surface area contributed by atoms with E-state index in [0.29, 0.717) is 0 Å². The fourth-order valence-corrected chi connectivity index (χ4v) is 16.5. The zero-order valence-corrected chi connectivity index (χ0v) is 76.3. The first kappa shape index (κ1) is 86.5. The number of hydrogen-bond donors (Lipinski definition) is 1. The summed E-state index contributed by atoms with van der Waals surface area (Å²) in [6, 6.07) is 109. The maximum Gasteiger partial charge on any atom is 2.00 e. The van der Waals surface area contributed by atoms with E-state index in [-0.39, 0.29) is 83.6 Å². The molecule has 0 bridgehead atoms. The first-order valence-corrected chi connectivity index (χ1v) is 39.6. The molecule has 0 saturated carbocycles. The molecule has 0 unspecified atom stereocenters. The molecule has 0 saturated heterocycles. The number of aliphatic hydroxyl groups excluding tert-OH is 1. The molecule has 11 nitrogen and oxygen atoms in total. The number of furan rings is 1. The van der Waals surface area contributed by atoms with Crippen LogP contribution in [0.25, 0.3) is 128 Å². The Kier molecular flexibility index (Phi) is 26.6. The molecule has 7 aromatic heterocycles. The summed E-state index contributed by atoms with van der Waals surface area (Å²) in [5.41, 5.74) is 34.1. The predicted octanol–water partition coefficient (Wildman–Crippen LogP) is 26.4. The van der Waals surface area contributed by atoms with Gasteiger partial charge in [-0.05, 0) is 157 Å². The minimum Gasteiger partial charge on any atom is -0.512 e. The largest absolute Gasteiger partial charge is 2.00 e. The number of rotatable bonds is 11. The third-order valence-corrected chi connectivity index (χ3v) is 21.7. The molecule has 1 N–H and O–H groups in total. The molecule has 0 atom stereocenters. The van der Waals surface area contributed by atoms with Gasteiger partial charge in [-0.3, -0.25) is 9.78 Å². The second kappa shape index (κ2) is 37.1. The van der Waals surface area contributed by atoms with Gasteiger partial charge >= 0.3 is 21.1 Å². The Balaban J connectivity index is 0.000000150. The summed E-state index contributed by atoms with van der Waals surface area (Å²) in [7, 11) is 0. The molecule has 11 aromatic carbocycles. The minimum absolute atomic E-state index is 0. The Bertz CT molecular complexity index is 6550. The van der Waals surface area contributed by atoms with Crippen molar-refractivity contribution < 1.29 is 75.6 Å². The van der Waals surface area contributed by atoms with Gasteiger partial charge in [0.15, 0.2) is 5.78 Å². The summed E-state index contributed by atoms with van der Waals surface area (Å²) >= 11 is 0. The molecule has 121 heavy (non-hydrogen) atoms. The van der Waals surface area contributed by atoms with Crippen LogP contribution in [-0.2, 0) is 76.9 Å². The smallest absolute Gasteiger partial charge is 0.512 e. The Morgan fingerprint density at radius 2 is 0.917 bits per heavy atom. The third-order valence-electron chi connectivity index (χ3n) is 21.7. The standard InChI is InChI=1S/C46H34N4.C28H27N2.C17H10NO.C11H8N.C5H8O2.2Ir.Pt/c1-45(2)36-19-11-17-34-35-18-12-20-37-43(35)50(42(34)36)44-38(45)27-33(28-39(44)46(37,3)4)49(31-15-9-13-29(25-31)40-21-5-7-23-47-40)32-16-10-14-30(26-32)41-22-6-8-24-48-41;1-17-10-18(2)13-23(12-17)27-28(24-14-19(3)11-20(4)15-24)30-25(16-29-27)26-21(5)8-7-9-22(26)6;1-2-6-12(7-3-1)15-10-17-14(11-18-15)13-8-4-5-9-16(13)19-17;1-2-6-10(7-3-1)11-8-4-5-9-12-11;1-4(6)3-5(2)7;;;/h5-24,27-28H,1-4H3;7-12,14-16H,1-6H3;1-6,8-11H;1-6,8-9H;3,6H,1-2H3;;;/q-2;3*-1;;;;+2. The van der Waals surface area contributed by atoms with Gasteiger partial charge in [-0.1, -0.05) is 180 Å². The van der Waals surface area contributed by atoms with Crippen molar-refractivity contribution in [2.75, 3.05) is 4.90 Å². The number of para-hydroxylation sites is 3. The molecule has 14 heteroatoms. The number of hydrogen-bond acceptors (Lipinski definition) is 10. The molecule has 20 rings (SSSR count). The molecule has 0 fully saturated rings. The van der Waals surface area contributed by atoms with Crippen LogP contribution in [0.1, 0.15) is 97.2 Å². The summed E-state index contributed by atoms with van der Waals surface area (Å²) in [5, 5.41) is 13.2. The molecule has 0 amide bonds. The molecular weight excluding hydrogens is 2020 g/mol. The van der Waals surface area contributed by atoms with Crippen LogP contribution in [0.2, 0.25) is 0 Å². The maximum absolute atomic E-state index is 10.0. The van der Waals surface area contributed by atoms with Crippen molar-refractivity contribution >= 4 is 66.6 Å². The molecule has 18 aromatic rings. The van der Waals surface area contributed by atoms with Crippen LogP contribution in [0.3, 0.4) is 0 Å². The molecule has 2 aliphatic heterocycles. The summed E-state index contributed by atoms with van der Waals surface area (Å²) in [6.45, 7) is 25.1. The van der Waals surface area contributed by atoms with E-state index in [2.05, 4.69) is 268 Å². The van der Waals surface area contributed by atoms with Crippen molar-refractivity contribution in [2.45, 2.75) is 93.9 Å². The second-order valence-electron chi connectivity index (χ2n) is 31.2. The average molecular weight is 2110 g/mol. The number of fused-ring (bicyclic) bond motifs is 4. The molecule has 2 aliphatic rings. The topological polar surface area (TPSA) is 136 Å². The maximum atomic E-state index is 10.0. The van der Waals surface area contributed by atoms with Gasteiger partial charge in [0.2, 0.25) is 0 Å². The van der Waals surface area contributed by atoms with E-state index in [4.69, 9.17) is 19.5 Å². The van der Waals surface area contributed by atoms with Crippen LogP contribution in [0.15, 0.2) is 314 Å². The monoisotopic (exact) mass is 2110 g/mol. The Hall–Kier alpha value is -12.3. The van der Waals surface area contributed by atoms with Crippen LogP contribution in [0, 0.1) is 71.9 Å². The Morgan fingerprint density at radius 3 is 1.42 bits per heavy atom. The SMILES string of the molecule is CC(=O)C=C(C)O.CC1(C)c2cc(N(c3[c-]c(-c4ccccn4)ccc3)c3[c-]c(-c4ccccn4)ccc3)cc3c2-n2c4c1cccc4c1cccc(c12)C3(C)C.Cc1[c-]c(-c2ncc(-c3c(C)cccc3C)nc2-c2cc(C)cc(C)c2)cc(C)c1.[Ir].[Ir].[Pt+2].[c-]1ccccc1-c1cc2oc3ccccc3c2cn1.[c-]1ccccc1-c1ccccn1. The number of ketones is 1. The molecule has 0 spiro atoms. The fraction of sp³-hybridized carbons (Fsp3) is 0.131. The molecule has 0 aliphatic carbocycles. The van der Waals surface area contributed by atoms with Crippen molar-refractivity contribution in [2.24, 2.45) is 0 Å². The van der Waals surface area contributed by atoms with Gasteiger partial charge in [0.1, 0.15) is 11.2 Å². The van der Waals surface area contributed by atoms with E-state index in [9.17, 15) is 4.79 Å². The molecule has 604 valence electrons. The molecule has 9 heterocycles. The summed E-state index contributed by atoms with van der Waals surface area (Å²) < 4.78 is 8.44. The van der Waals surface area contributed by atoms with Gasteiger partial charge in [0, 0.05) is 127 Å². The number of carbonyl (C=O) groups excluding carboxylic acids is 1. The van der Waals surface area contributed by atoms with Gasteiger partial charge in [-0.2, -0.15) is 0 Å². The summed E-state index contributed by atoms with van der Waals surface area (Å²) in [6.07, 6.45) is 10.4. The predicted molar refractivity (Wildman–Crippen MR) is 481 cm³/mol. The first-order chi connectivity index (χ1) is 57.1. The fourth-order valence-electron chi connectivity index (χ4n) is 16.5. The zero-order chi connectivity index (χ0) is 81.9. The van der Waals surface area contributed by atoms with E-state index in [1.54, 1.807) is 6.20 Å². The van der Waals surface area contributed by atoms with Gasteiger partial charge < -0.3 is 43.9 Å². The van der Waals surface area contributed by atoms with Crippen LogP contribution in [-0.4, -0.2) is 45.4 Å². The number of allylic oxidation sites excluding steroid dienone is 2. The zero-order valence-electron chi connectivity index (χ0n) is 69.2. The van der Waals surface area contributed by atoms with Crippen LogP contribution in [0.5, 0.6) is 0 Å². The second-order valence-corrected chi connectivity index (χ2v) is 31.2. The normalized spacial score (nSPS) is 12.2. The van der Waals surface area contributed by atoms with Gasteiger partial charge in [0.25, 0.3) is 0 Å². The van der Waals surface area contributed by atoms with Crippen LogP contribution in [0.4, 0.5) is 17.1 Å². The number of pyridine rings is 4. The van der Waals surface area contributed by atoms with E-state index < -0.39 is 0 Å². The van der Waals surface area contributed by atoms with Crippen molar-refractivity contribution in [1.82, 2.24) is 34.5 Å². The van der Waals surface area contributed by atoms with Crippen molar-refractivity contribution in [3.63, 3.8) is 0 Å². The quantitative estimate of drug-likeness (QED) is 0.0757. The number of benzene rings is 11. The van der Waals surface area contributed by atoms with Gasteiger partial charge in [-0.15, -0.1) is 166 Å². The number of aryl methyl sites for hydroxylation is 6. The van der Waals surface area contributed by atoms with E-state index in [0.717, 1.165) is 123 Å². The first-order valence-electron chi connectivity index (χ1n) is 39.6. The van der Waals surface area contributed by atoms with E-state index in [1.807, 2.05) is 152 Å². The number of carbonyl (C=O) groups is 1. The summed E-state index contributed by atoms with van der Waals surface area (Å²) in [4.78, 5) is 40.5. The Labute approximate surface area is 749 Å². The van der Waals surface area contributed by atoms with Crippen LogP contribution >= 0.6 is 0 Å². The molecule has 2 radical (unpaired) electrons. The van der Waals surface area contributed by atoms with Crippen molar-refractivity contribution in [3.05, 3.63) is 396 Å². The van der Waals surface area contributed by atoms with Crippen molar-refractivity contribution in [1.29, 1.82) is 0 Å². The molecular formula is C107H87Ir2N8O3Pt-3. The number of aliphatic hydroxyl groups is 1. The summed E-state index contributed by atoms with van der Waals surface area (Å²) in [5.74, 6) is -0.0625. The van der Waals surface area contributed by atoms with Crippen LogP contribution < -0.4 is 4.90 Å². The Morgan fingerprint density at radius 1 is 0.430 bits per heavy atom. The van der Waals surface area contributed by atoms with Gasteiger partial charge in [-0.25, -0.2) is 0 Å². The van der Waals surface area contributed by atoms with Crippen molar-refractivity contribution in [3.8, 4) is 84.5 Å².